The van der Waals surface area contributed by atoms with Gasteiger partial charge in [-0.05, 0) is 19.1 Å². The van der Waals surface area contributed by atoms with Crippen LogP contribution in [0.5, 0.6) is 5.75 Å². The number of nitrogens with zero attached hydrogens (tertiary/aromatic N) is 1. The lowest BCUT2D eigenvalue weighted by Crippen LogP contribution is -1.67. The summed E-state index contributed by atoms with van der Waals surface area (Å²) in [4.78, 5) is 4.23. The lowest BCUT2D eigenvalue weighted by molar-refractivity contribution is 0.482. The third-order valence-electron chi connectivity index (χ3n) is 1.50. The van der Waals surface area contributed by atoms with Crippen LogP contribution in [0.4, 0.5) is 0 Å². The molecule has 0 aliphatic carbocycles. The molecule has 0 fully saturated rings. The van der Waals surface area contributed by atoms with Crippen LogP contribution < -0.4 is 0 Å². The molecule has 56 valence electrons. The van der Waals surface area contributed by atoms with Crippen molar-refractivity contribution in [1.82, 2.24) is 4.98 Å². The normalized spacial score (nSPS) is 10.6. The summed E-state index contributed by atoms with van der Waals surface area (Å²) >= 11 is 1.52. The first-order valence-corrected chi connectivity index (χ1v) is 4.14. The number of rotatable bonds is 0. The maximum absolute atomic E-state index is 9.35. The van der Waals surface area contributed by atoms with Gasteiger partial charge in [0.1, 0.15) is 5.75 Å². The highest BCUT2D eigenvalue weighted by atomic mass is 32.1. The van der Waals surface area contributed by atoms with E-state index >= 15 is 0 Å². The molecule has 0 bridgehead atoms. The van der Waals surface area contributed by atoms with Crippen LogP contribution in [-0.4, -0.2) is 10.1 Å². The minimum Gasteiger partial charge on any atom is -0.506 e. The van der Waals surface area contributed by atoms with Crippen LogP contribution in [0.25, 0.3) is 10.2 Å². The van der Waals surface area contributed by atoms with E-state index in [4.69, 9.17) is 0 Å². The van der Waals surface area contributed by atoms with E-state index in [0.717, 1.165) is 15.2 Å². The molecule has 1 aromatic carbocycles. The summed E-state index contributed by atoms with van der Waals surface area (Å²) in [5, 5.41) is 10.3. The third-order valence-corrected chi connectivity index (χ3v) is 2.51. The predicted molar refractivity (Wildman–Crippen MR) is 46.0 cm³/mol. The Bertz CT molecular complexity index is 394. The molecule has 0 unspecified atom stereocenters. The van der Waals surface area contributed by atoms with Crippen LogP contribution in [0.1, 0.15) is 5.01 Å². The summed E-state index contributed by atoms with van der Waals surface area (Å²) in [6.07, 6.45) is 0. The highest BCUT2D eigenvalue weighted by Gasteiger charge is 2.02. The quantitative estimate of drug-likeness (QED) is 0.649. The van der Waals surface area contributed by atoms with E-state index in [2.05, 4.69) is 4.98 Å². The Morgan fingerprint density at radius 1 is 1.45 bits per heavy atom. The molecule has 0 amide bonds. The first-order chi connectivity index (χ1) is 5.27. The molecule has 0 aliphatic rings. The van der Waals surface area contributed by atoms with Crippen LogP contribution in [0, 0.1) is 6.92 Å². The zero-order chi connectivity index (χ0) is 7.84. The first kappa shape index (κ1) is 6.61. The van der Waals surface area contributed by atoms with Crippen molar-refractivity contribution in [3.63, 3.8) is 0 Å². The number of aromatic hydroxyl groups is 1. The molecule has 1 heterocycles. The highest BCUT2D eigenvalue weighted by Crippen LogP contribution is 2.29. The Labute approximate surface area is 68.1 Å². The van der Waals surface area contributed by atoms with E-state index in [-0.39, 0.29) is 0 Å². The standard InChI is InChI=1S/C8H7NOS/c1-5-9-6-3-2-4-7(10)8(6)11-5/h2-4,10H,1H3. The van der Waals surface area contributed by atoms with E-state index in [1.807, 2.05) is 13.0 Å². The third kappa shape index (κ3) is 0.973. The molecule has 3 heteroatoms. The fraction of sp³-hybridized carbons (Fsp3) is 0.125. The second-order valence-corrected chi connectivity index (χ2v) is 3.56. The molecule has 2 nitrogen and oxygen atoms in total. The maximum atomic E-state index is 9.35. The molecule has 0 saturated carbocycles. The van der Waals surface area contributed by atoms with Crippen molar-refractivity contribution < 1.29 is 5.11 Å². The largest absolute Gasteiger partial charge is 0.506 e. The topological polar surface area (TPSA) is 33.1 Å². The van der Waals surface area contributed by atoms with E-state index < -0.39 is 0 Å². The van der Waals surface area contributed by atoms with Gasteiger partial charge in [-0.15, -0.1) is 11.3 Å². The van der Waals surface area contributed by atoms with Crippen molar-refractivity contribution in [2.24, 2.45) is 0 Å². The molecular weight excluding hydrogens is 158 g/mol. The monoisotopic (exact) mass is 165 g/mol. The molecule has 1 aromatic heterocycles. The number of benzene rings is 1. The Balaban J connectivity index is 2.90. The number of fused-ring (bicyclic) bond motifs is 1. The minimum atomic E-state index is 0.327. The maximum Gasteiger partial charge on any atom is 0.135 e. The van der Waals surface area contributed by atoms with Crippen LogP contribution >= 0.6 is 11.3 Å². The van der Waals surface area contributed by atoms with Gasteiger partial charge in [0, 0.05) is 0 Å². The van der Waals surface area contributed by atoms with Crippen LogP contribution in [0.2, 0.25) is 0 Å². The fourth-order valence-corrected chi connectivity index (χ4v) is 1.88. The van der Waals surface area contributed by atoms with Crippen LogP contribution in [-0.2, 0) is 0 Å². The molecule has 0 radical (unpaired) electrons. The number of hydrogen-bond acceptors (Lipinski definition) is 3. The van der Waals surface area contributed by atoms with Gasteiger partial charge in [-0.3, -0.25) is 0 Å². The number of aromatic nitrogens is 1. The van der Waals surface area contributed by atoms with Gasteiger partial charge < -0.3 is 5.11 Å². The molecule has 0 atom stereocenters. The molecule has 2 aromatic rings. The summed E-state index contributed by atoms with van der Waals surface area (Å²) in [6, 6.07) is 5.38. The van der Waals surface area contributed by atoms with Gasteiger partial charge in [-0.1, -0.05) is 6.07 Å². The van der Waals surface area contributed by atoms with Gasteiger partial charge in [-0.25, -0.2) is 4.98 Å². The van der Waals surface area contributed by atoms with Gasteiger partial charge in [0.15, 0.2) is 0 Å². The number of aryl methyl sites for hydroxylation is 1. The Kier molecular flexibility index (Phi) is 1.32. The smallest absolute Gasteiger partial charge is 0.135 e. The van der Waals surface area contributed by atoms with E-state index in [9.17, 15) is 5.11 Å². The number of thiazole rings is 1. The molecule has 1 N–H and O–H groups in total. The first-order valence-electron chi connectivity index (χ1n) is 3.32. The van der Waals surface area contributed by atoms with Crippen LogP contribution in [0.15, 0.2) is 18.2 Å². The van der Waals surface area contributed by atoms with Gasteiger partial charge >= 0.3 is 0 Å². The van der Waals surface area contributed by atoms with Crippen molar-refractivity contribution in [3.05, 3.63) is 23.2 Å². The van der Waals surface area contributed by atoms with Gasteiger partial charge in [0.05, 0.1) is 15.2 Å². The minimum absolute atomic E-state index is 0.327. The van der Waals surface area contributed by atoms with Crippen molar-refractivity contribution in [2.75, 3.05) is 0 Å². The van der Waals surface area contributed by atoms with E-state index in [1.54, 1.807) is 12.1 Å². The molecule has 2 rings (SSSR count). The summed E-state index contributed by atoms with van der Waals surface area (Å²) in [5.74, 6) is 0.327. The Morgan fingerprint density at radius 2 is 2.27 bits per heavy atom. The molecule has 0 saturated heterocycles. The Hall–Kier alpha value is -1.09. The summed E-state index contributed by atoms with van der Waals surface area (Å²) in [7, 11) is 0. The van der Waals surface area contributed by atoms with Crippen molar-refractivity contribution in [2.45, 2.75) is 6.92 Å². The van der Waals surface area contributed by atoms with Gasteiger partial charge in [-0.2, -0.15) is 0 Å². The zero-order valence-corrected chi connectivity index (χ0v) is 6.85. The summed E-state index contributed by atoms with van der Waals surface area (Å²) < 4.78 is 0.880. The van der Waals surface area contributed by atoms with Gasteiger partial charge in [0.2, 0.25) is 0 Å². The van der Waals surface area contributed by atoms with Crippen molar-refractivity contribution in [3.8, 4) is 5.75 Å². The summed E-state index contributed by atoms with van der Waals surface area (Å²) in [6.45, 7) is 1.93. The second-order valence-electron chi connectivity index (χ2n) is 2.36. The average Bonchev–Trinajstić information content (AvgIpc) is 2.31. The number of phenolic OH excluding ortho intramolecular Hbond substituents is 1. The van der Waals surface area contributed by atoms with E-state index in [1.165, 1.54) is 11.3 Å². The predicted octanol–water partition coefficient (Wildman–Crippen LogP) is 2.31. The van der Waals surface area contributed by atoms with E-state index in [0.29, 0.717) is 5.75 Å². The number of phenols is 1. The molecule has 0 aliphatic heterocycles. The Morgan fingerprint density at radius 3 is 3.00 bits per heavy atom. The summed E-state index contributed by atoms with van der Waals surface area (Å²) in [5.41, 5.74) is 0.882. The average molecular weight is 165 g/mol. The zero-order valence-electron chi connectivity index (χ0n) is 6.03. The van der Waals surface area contributed by atoms with Crippen molar-refractivity contribution in [1.29, 1.82) is 0 Å². The van der Waals surface area contributed by atoms with Gasteiger partial charge in [0.25, 0.3) is 0 Å². The lowest BCUT2D eigenvalue weighted by Gasteiger charge is -1.89. The molecular formula is C8H7NOS. The van der Waals surface area contributed by atoms with Crippen LogP contribution in [0.3, 0.4) is 0 Å². The number of hydrogen-bond donors (Lipinski definition) is 1. The second kappa shape index (κ2) is 2.20. The SMILES string of the molecule is Cc1nc2cccc(O)c2s1. The lowest BCUT2D eigenvalue weighted by atomic mass is 10.3. The fourth-order valence-electron chi connectivity index (χ4n) is 1.05. The van der Waals surface area contributed by atoms with Crippen molar-refractivity contribution >= 4 is 21.6 Å². The highest BCUT2D eigenvalue weighted by molar-refractivity contribution is 7.18. The molecule has 11 heavy (non-hydrogen) atoms. The molecule has 0 spiro atoms.